The van der Waals surface area contributed by atoms with Gasteiger partial charge in [0.1, 0.15) is 23.8 Å². The number of aromatic nitrogens is 1. The summed E-state index contributed by atoms with van der Waals surface area (Å²) in [6.07, 6.45) is -0.824. The van der Waals surface area contributed by atoms with Crippen LogP contribution in [-0.2, 0) is 6.42 Å². The van der Waals surface area contributed by atoms with Crippen LogP contribution in [0.5, 0.6) is 5.88 Å². The fourth-order valence-corrected chi connectivity index (χ4v) is 2.88. The van der Waals surface area contributed by atoms with E-state index < -0.39 is 12.0 Å². The lowest BCUT2D eigenvalue weighted by atomic mass is 10.0. The average Bonchev–Trinajstić information content (AvgIpc) is 2.62. The highest BCUT2D eigenvalue weighted by Crippen LogP contribution is 2.35. The SMILES string of the molecule is CNC(=O)c1nc2c(cc1Cc1ccc(F)cc1)N(C(=O)O)C(C)CO2. The van der Waals surface area contributed by atoms with Crippen molar-refractivity contribution in [3.63, 3.8) is 0 Å². The molecule has 1 aromatic heterocycles. The number of rotatable bonds is 3. The first-order valence-electron chi connectivity index (χ1n) is 8.06. The van der Waals surface area contributed by atoms with Gasteiger partial charge in [-0.15, -0.1) is 0 Å². The van der Waals surface area contributed by atoms with E-state index in [-0.39, 0.29) is 30.0 Å². The lowest BCUT2D eigenvalue weighted by Gasteiger charge is -2.32. The smallest absolute Gasteiger partial charge is 0.412 e. The van der Waals surface area contributed by atoms with Crippen molar-refractivity contribution in [2.45, 2.75) is 19.4 Å². The molecular formula is C18H18FN3O4. The molecule has 0 spiro atoms. The standard InChI is InChI=1S/C18H18FN3O4/c1-10-9-26-17-14(22(10)18(24)25)8-12(15(21-17)16(23)20-2)7-11-3-5-13(19)6-4-11/h3-6,8,10H,7,9H2,1-2H3,(H,20,23)(H,24,25). The Labute approximate surface area is 149 Å². The van der Waals surface area contributed by atoms with Crippen LogP contribution in [0.2, 0.25) is 0 Å². The summed E-state index contributed by atoms with van der Waals surface area (Å²) in [5, 5.41) is 12.0. The zero-order chi connectivity index (χ0) is 18.8. The van der Waals surface area contributed by atoms with Gasteiger partial charge in [0.2, 0.25) is 5.88 Å². The zero-order valence-electron chi connectivity index (χ0n) is 14.3. The summed E-state index contributed by atoms with van der Waals surface area (Å²) >= 11 is 0. The highest BCUT2D eigenvalue weighted by molar-refractivity contribution is 5.96. The normalized spacial score (nSPS) is 15.8. The van der Waals surface area contributed by atoms with E-state index in [0.29, 0.717) is 17.7 Å². The number of nitrogens with one attached hydrogen (secondary N) is 1. The van der Waals surface area contributed by atoms with E-state index >= 15 is 0 Å². The molecule has 26 heavy (non-hydrogen) atoms. The predicted octanol–water partition coefficient (Wildman–Crippen LogP) is 2.44. The molecule has 2 amide bonds. The second-order valence-corrected chi connectivity index (χ2v) is 6.02. The van der Waals surface area contributed by atoms with Crippen LogP contribution in [0.1, 0.15) is 28.5 Å². The van der Waals surface area contributed by atoms with Crippen LogP contribution in [0.15, 0.2) is 30.3 Å². The molecule has 1 aromatic carbocycles. The predicted molar refractivity (Wildman–Crippen MR) is 92.3 cm³/mol. The van der Waals surface area contributed by atoms with Crippen molar-refractivity contribution in [2.75, 3.05) is 18.6 Å². The highest BCUT2D eigenvalue weighted by atomic mass is 19.1. The molecule has 0 saturated carbocycles. The lowest BCUT2D eigenvalue weighted by molar-refractivity contribution is 0.0956. The molecule has 1 atom stereocenters. The molecule has 0 radical (unpaired) electrons. The summed E-state index contributed by atoms with van der Waals surface area (Å²) in [5.41, 5.74) is 1.74. The number of ether oxygens (including phenoxy) is 1. The van der Waals surface area contributed by atoms with Crippen LogP contribution in [0, 0.1) is 5.82 Å². The molecule has 0 saturated heterocycles. The van der Waals surface area contributed by atoms with E-state index in [0.717, 1.165) is 5.56 Å². The van der Waals surface area contributed by atoms with Gasteiger partial charge in [-0.3, -0.25) is 9.69 Å². The Kier molecular flexibility index (Phi) is 4.75. The number of carboxylic acid groups (broad SMARTS) is 1. The number of hydrogen-bond donors (Lipinski definition) is 2. The molecule has 8 heteroatoms. The van der Waals surface area contributed by atoms with Crippen LogP contribution in [-0.4, -0.2) is 41.8 Å². The van der Waals surface area contributed by atoms with Crippen molar-refractivity contribution in [3.8, 4) is 5.88 Å². The van der Waals surface area contributed by atoms with Gasteiger partial charge in [-0.1, -0.05) is 12.1 Å². The molecule has 1 aliphatic heterocycles. The number of pyridine rings is 1. The van der Waals surface area contributed by atoms with Crippen molar-refractivity contribution < 1.29 is 23.8 Å². The van der Waals surface area contributed by atoms with Gasteiger partial charge in [0.15, 0.2) is 0 Å². The average molecular weight is 359 g/mol. The molecule has 3 rings (SSSR count). The quantitative estimate of drug-likeness (QED) is 0.878. The maximum absolute atomic E-state index is 13.1. The monoisotopic (exact) mass is 359 g/mol. The van der Waals surface area contributed by atoms with Gasteiger partial charge in [0.05, 0.1) is 6.04 Å². The molecule has 0 bridgehead atoms. The molecule has 2 heterocycles. The van der Waals surface area contributed by atoms with Crippen LogP contribution >= 0.6 is 0 Å². The van der Waals surface area contributed by atoms with E-state index in [9.17, 15) is 19.1 Å². The number of carbonyl (C=O) groups is 2. The number of amides is 2. The van der Waals surface area contributed by atoms with Crippen molar-refractivity contribution in [1.29, 1.82) is 0 Å². The first kappa shape index (κ1) is 17.7. The van der Waals surface area contributed by atoms with E-state index in [4.69, 9.17) is 4.74 Å². The molecule has 1 unspecified atom stereocenters. The van der Waals surface area contributed by atoms with Crippen molar-refractivity contribution in [1.82, 2.24) is 10.3 Å². The van der Waals surface area contributed by atoms with Gasteiger partial charge in [0, 0.05) is 7.05 Å². The summed E-state index contributed by atoms with van der Waals surface area (Å²) in [4.78, 5) is 29.3. The lowest BCUT2D eigenvalue weighted by Crippen LogP contribution is -2.45. The fourth-order valence-electron chi connectivity index (χ4n) is 2.88. The van der Waals surface area contributed by atoms with Crippen LogP contribution < -0.4 is 15.0 Å². The fraction of sp³-hybridized carbons (Fsp3) is 0.278. The minimum Gasteiger partial charge on any atom is -0.474 e. The van der Waals surface area contributed by atoms with E-state index in [1.165, 1.54) is 24.1 Å². The Morgan fingerprint density at radius 2 is 2.08 bits per heavy atom. The Morgan fingerprint density at radius 1 is 1.38 bits per heavy atom. The molecule has 136 valence electrons. The third kappa shape index (κ3) is 3.30. The number of anilines is 1. The van der Waals surface area contributed by atoms with E-state index in [1.54, 1.807) is 25.1 Å². The Bertz CT molecular complexity index is 854. The Morgan fingerprint density at radius 3 is 2.69 bits per heavy atom. The van der Waals surface area contributed by atoms with Crippen LogP contribution in [0.25, 0.3) is 0 Å². The van der Waals surface area contributed by atoms with Gasteiger partial charge in [-0.05, 0) is 42.7 Å². The Balaban J connectivity index is 2.10. The molecule has 2 aromatic rings. The summed E-state index contributed by atoms with van der Waals surface area (Å²) < 4.78 is 18.7. The highest BCUT2D eigenvalue weighted by Gasteiger charge is 2.32. The molecule has 7 nitrogen and oxygen atoms in total. The summed E-state index contributed by atoms with van der Waals surface area (Å²) in [6, 6.07) is 7.09. The number of fused-ring (bicyclic) bond motifs is 1. The van der Waals surface area contributed by atoms with E-state index in [1.807, 2.05) is 0 Å². The zero-order valence-corrected chi connectivity index (χ0v) is 14.3. The summed E-state index contributed by atoms with van der Waals surface area (Å²) in [5.74, 6) is -0.663. The number of carbonyl (C=O) groups excluding carboxylic acids is 1. The number of nitrogens with zero attached hydrogens (tertiary/aromatic N) is 2. The van der Waals surface area contributed by atoms with Crippen LogP contribution in [0.4, 0.5) is 14.9 Å². The first-order chi connectivity index (χ1) is 12.4. The largest absolute Gasteiger partial charge is 0.474 e. The third-order valence-electron chi connectivity index (χ3n) is 4.17. The maximum atomic E-state index is 13.1. The van der Waals surface area contributed by atoms with Gasteiger partial charge in [-0.2, -0.15) is 0 Å². The minimum absolute atomic E-state index is 0.104. The molecule has 0 fully saturated rings. The van der Waals surface area contributed by atoms with Crippen molar-refractivity contribution >= 4 is 17.7 Å². The second kappa shape index (κ2) is 6.99. The summed E-state index contributed by atoms with van der Waals surface area (Å²) in [6.45, 7) is 1.88. The Hall–Kier alpha value is -3.16. The van der Waals surface area contributed by atoms with Gasteiger partial charge in [0.25, 0.3) is 5.91 Å². The number of halogens is 1. The minimum atomic E-state index is -1.12. The van der Waals surface area contributed by atoms with Crippen molar-refractivity contribution in [2.24, 2.45) is 0 Å². The molecule has 0 aliphatic carbocycles. The molecule has 2 N–H and O–H groups in total. The van der Waals surface area contributed by atoms with E-state index in [2.05, 4.69) is 10.3 Å². The maximum Gasteiger partial charge on any atom is 0.412 e. The van der Waals surface area contributed by atoms with Gasteiger partial charge in [-0.25, -0.2) is 14.2 Å². The van der Waals surface area contributed by atoms with Gasteiger partial charge < -0.3 is 15.2 Å². The topological polar surface area (TPSA) is 91.8 Å². The number of benzene rings is 1. The van der Waals surface area contributed by atoms with Gasteiger partial charge >= 0.3 is 6.09 Å². The van der Waals surface area contributed by atoms with Crippen LogP contribution in [0.3, 0.4) is 0 Å². The molecular weight excluding hydrogens is 341 g/mol. The molecule has 1 aliphatic rings. The summed E-state index contributed by atoms with van der Waals surface area (Å²) in [7, 11) is 1.48. The third-order valence-corrected chi connectivity index (χ3v) is 4.17. The second-order valence-electron chi connectivity index (χ2n) is 6.02. The number of hydrogen-bond acceptors (Lipinski definition) is 4. The van der Waals surface area contributed by atoms with Crippen molar-refractivity contribution in [3.05, 3.63) is 53.0 Å². The first-order valence-corrected chi connectivity index (χ1v) is 8.06.